The Bertz CT molecular complexity index is 392. The maximum atomic E-state index is 6.25. The first kappa shape index (κ1) is 14.4. The van der Waals surface area contributed by atoms with Crippen molar-refractivity contribution >= 4 is 5.69 Å². The van der Waals surface area contributed by atoms with Gasteiger partial charge in [0.1, 0.15) is 0 Å². The van der Waals surface area contributed by atoms with Gasteiger partial charge in [-0.15, -0.1) is 0 Å². The standard InChI is InChI=1S/C17H28N2/c1-4-16(18)15-7-5-6-8-17(15)19-11-9-14(10-12-19)13(2)3/h5-8,13-14,16H,4,9-12,18H2,1-3H3/t16-/m0/s1. The van der Waals surface area contributed by atoms with Crippen LogP contribution in [0.25, 0.3) is 0 Å². The largest absolute Gasteiger partial charge is 0.371 e. The van der Waals surface area contributed by atoms with Gasteiger partial charge in [0.15, 0.2) is 0 Å². The molecule has 0 unspecified atom stereocenters. The van der Waals surface area contributed by atoms with Crippen molar-refractivity contribution in [3.8, 4) is 0 Å². The van der Waals surface area contributed by atoms with Gasteiger partial charge in [-0.25, -0.2) is 0 Å². The van der Waals surface area contributed by atoms with Crippen molar-refractivity contribution in [2.75, 3.05) is 18.0 Å². The molecule has 1 aromatic carbocycles. The zero-order chi connectivity index (χ0) is 13.8. The van der Waals surface area contributed by atoms with Crippen LogP contribution in [0.3, 0.4) is 0 Å². The fraction of sp³-hybridized carbons (Fsp3) is 0.647. The number of para-hydroxylation sites is 1. The van der Waals surface area contributed by atoms with Crippen LogP contribution < -0.4 is 10.6 Å². The van der Waals surface area contributed by atoms with Crippen LogP contribution in [0.2, 0.25) is 0 Å². The summed E-state index contributed by atoms with van der Waals surface area (Å²) < 4.78 is 0. The quantitative estimate of drug-likeness (QED) is 0.887. The lowest BCUT2D eigenvalue weighted by Gasteiger charge is -2.37. The molecule has 1 heterocycles. The number of nitrogens with two attached hydrogens (primary N) is 1. The summed E-state index contributed by atoms with van der Waals surface area (Å²) in [5.74, 6) is 1.71. The highest BCUT2D eigenvalue weighted by Gasteiger charge is 2.23. The molecule has 0 spiro atoms. The molecule has 1 atom stereocenters. The second-order valence-corrected chi connectivity index (χ2v) is 6.14. The molecule has 0 aliphatic carbocycles. The van der Waals surface area contributed by atoms with Crippen molar-refractivity contribution in [3.05, 3.63) is 29.8 Å². The summed E-state index contributed by atoms with van der Waals surface area (Å²) in [4.78, 5) is 2.53. The molecule has 0 bridgehead atoms. The van der Waals surface area contributed by atoms with Crippen molar-refractivity contribution in [2.24, 2.45) is 17.6 Å². The number of rotatable bonds is 4. The first-order chi connectivity index (χ1) is 9.13. The minimum absolute atomic E-state index is 0.166. The van der Waals surface area contributed by atoms with Gasteiger partial charge < -0.3 is 10.6 Å². The van der Waals surface area contributed by atoms with E-state index in [0.29, 0.717) is 0 Å². The average Bonchev–Trinajstić information content (AvgIpc) is 2.46. The number of benzene rings is 1. The summed E-state index contributed by atoms with van der Waals surface area (Å²) in [6.07, 6.45) is 3.63. The predicted octanol–water partition coefficient (Wildman–Crippen LogP) is 3.97. The Hall–Kier alpha value is -1.02. The van der Waals surface area contributed by atoms with Crippen molar-refractivity contribution in [3.63, 3.8) is 0 Å². The van der Waals surface area contributed by atoms with E-state index in [1.807, 2.05) is 0 Å². The van der Waals surface area contributed by atoms with Crippen molar-refractivity contribution in [2.45, 2.75) is 46.1 Å². The molecule has 1 aliphatic rings. The van der Waals surface area contributed by atoms with E-state index in [9.17, 15) is 0 Å². The van der Waals surface area contributed by atoms with Crippen LogP contribution in [-0.2, 0) is 0 Å². The van der Waals surface area contributed by atoms with Crippen LogP contribution in [0, 0.1) is 11.8 Å². The third kappa shape index (κ3) is 3.30. The molecule has 2 N–H and O–H groups in total. The number of anilines is 1. The Morgan fingerprint density at radius 2 is 1.84 bits per heavy atom. The summed E-state index contributed by atoms with van der Waals surface area (Å²) in [5, 5.41) is 0. The highest BCUT2D eigenvalue weighted by Crippen LogP contribution is 2.32. The van der Waals surface area contributed by atoms with Gasteiger partial charge in [0, 0.05) is 24.8 Å². The Morgan fingerprint density at radius 3 is 2.42 bits per heavy atom. The highest BCUT2D eigenvalue weighted by atomic mass is 15.1. The molecule has 19 heavy (non-hydrogen) atoms. The third-order valence-corrected chi connectivity index (χ3v) is 4.60. The summed E-state index contributed by atoms with van der Waals surface area (Å²) in [6.45, 7) is 9.21. The normalized spacial score (nSPS) is 18.9. The number of hydrogen-bond acceptors (Lipinski definition) is 2. The molecule has 0 saturated carbocycles. The molecule has 2 nitrogen and oxygen atoms in total. The van der Waals surface area contributed by atoms with Gasteiger partial charge in [0.25, 0.3) is 0 Å². The van der Waals surface area contributed by atoms with Crippen LogP contribution in [0.5, 0.6) is 0 Å². The number of hydrogen-bond donors (Lipinski definition) is 1. The molecule has 0 aromatic heterocycles. The van der Waals surface area contributed by atoms with E-state index in [4.69, 9.17) is 5.73 Å². The molecule has 106 valence electrons. The van der Waals surface area contributed by atoms with Crippen LogP contribution >= 0.6 is 0 Å². The summed E-state index contributed by atoms with van der Waals surface area (Å²) in [7, 11) is 0. The lowest BCUT2D eigenvalue weighted by Crippen LogP contribution is -2.36. The number of nitrogens with zero attached hydrogens (tertiary/aromatic N) is 1. The van der Waals surface area contributed by atoms with E-state index in [1.54, 1.807) is 0 Å². The first-order valence-corrected chi connectivity index (χ1v) is 7.73. The summed E-state index contributed by atoms with van der Waals surface area (Å²) in [6, 6.07) is 8.84. The zero-order valence-corrected chi connectivity index (χ0v) is 12.6. The van der Waals surface area contributed by atoms with Gasteiger partial charge >= 0.3 is 0 Å². The summed E-state index contributed by atoms with van der Waals surface area (Å²) in [5.41, 5.74) is 8.92. The fourth-order valence-corrected chi connectivity index (χ4v) is 3.12. The van der Waals surface area contributed by atoms with Crippen molar-refractivity contribution < 1.29 is 0 Å². The predicted molar refractivity (Wildman–Crippen MR) is 83.4 cm³/mol. The second kappa shape index (κ2) is 6.42. The first-order valence-electron chi connectivity index (χ1n) is 7.73. The monoisotopic (exact) mass is 260 g/mol. The molecule has 1 aliphatic heterocycles. The number of piperidine rings is 1. The van der Waals surface area contributed by atoms with Crippen molar-refractivity contribution in [1.29, 1.82) is 0 Å². The van der Waals surface area contributed by atoms with E-state index in [2.05, 4.69) is 49.9 Å². The van der Waals surface area contributed by atoms with Crippen molar-refractivity contribution in [1.82, 2.24) is 0 Å². The topological polar surface area (TPSA) is 29.3 Å². The molecular weight excluding hydrogens is 232 g/mol. The zero-order valence-electron chi connectivity index (χ0n) is 12.6. The maximum Gasteiger partial charge on any atom is 0.0414 e. The lowest BCUT2D eigenvalue weighted by molar-refractivity contribution is 0.311. The Labute approximate surface area is 118 Å². The molecule has 1 fully saturated rings. The van der Waals surface area contributed by atoms with Gasteiger partial charge in [-0.05, 0) is 42.7 Å². The van der Waals surface area contributed by atoms with E-state index in [-0.39, 0.29) is 6.04 Å². The third-order valence-electron chi connectivity index (χ3n) is 4.60. The molecule has 0 amide bonds. The molecule has 2 heteroatoms. The van der Waals surface area contributed by atoms with Crippen LogP contribution in [0.4, 0.5) is 5.69 Å². The average molecular weight is 260 g/mol. The van der Waals surface area contributed by atoms with E-state index in [1.165, 1.54) is 37.2 Å². The molecule has 1 aromatic rings. The smallest absolute Gasteiger partial charge is 0.0414 e. The fourth-order valence-electron chi connectivity index (χ4n) is 3.12. The summed E-state index contributed by atoms with van der Waals surface area (Å²) >= 11 is 0. The minimum Gasteiger partial charge on any atom is -0.371 e. The van der Waals surface area contributed by atoms with E-state index >= 15 is 0 Å². The second-order valence-electron chi connectivity index (χ2n) is 6.14. The molecule has 1 saturated heterocycles. The van der Waals surface area contributed by atoms with Gasteiger partial charge in [0.2, 0.25) is 0 Å². The van der Waals surface area contributed by atoms with Gasteiger partial charge in [-0.1, -0.05) is 39.0 Å². The van der Waals surface area contributed by atoms with Crippen LogP contribution in [-0.4, -0.2) is 13.1 Å². The Morgan fingerprint density at radius 1 is 1.21 bits per heavy atom. The van der Waals surface area contributed by atoms with Gasteiger partial charge in [-0.2, -0.15) is 0 Å². The SMILES string of the molecule is CC[C@H](N)c1ccccc1N1CCC(C(C)C)CC1. The maximum absolute atomic E-state index is 6.25. The van der Waals surface area contributed by atoms with E-state index in [0.717, 1.165) is 18.3 Å². The lowest BCUT2D eigenvalue weighted by atomic mass is 9.86. The molecule has 0 radical (unpaired) electrons. The molecular formula is C17H28N2. The minimum atomic E-state index is 0.166. The van der Waals surface area contributed by atoms with Crippen LogP contribution in [0.15, 0.2) is 24.3 Å². The Kier molecular flexibility index (Phi) is 4.87. The van der Waals surface area contributed by atoms with Gasteiger partial charge in [0.05, 0.1) is 0 Å². The molecule has 2 rings (SSSR count). The van der Waals surface area contributed by atoms with Gasteiger partial charge in [-0.3, -0.25) is 0 Å². The van der Waals surface area contributed by atoms with E-state index < -0.39 is 0 Å². The highest BCUT2D eigenvalue weighted by molar-refractivity contribution is 5.55. The van der Waals surface area contributed by atoms with Crippen LogP contribution in [0.1, 0.15) is 51.6 Å². The Balaban J connectivity index is 2.11.